The van der Waals surface area contributed by atoms with Crippen molar-refractivity contribution >= 4 is 5.69 Å². The molecule has 1 aliphatic rings. The highest BCUT2D eigenvalue weighted by atomic mass is 16.5. The zero-order valence-electron chi connectivity index (χ0n) is 9.91. The summed E-state index contributed by atoms with van der Waals surface area (Å²) in [6.07, 6.45) is 1.13. The SMILES string of the molecule is Cc1c(N)cccc1CN1CCCOCC1. The van der Waals surface area contributed by atoms with Gasteiger partial charge in [0.2, 0.25) is 0 Å². The van der Waals surface area contributed by atoms with Crippen LogP contribution in [0.15, 0.2) is 18.2 Å². The third kappa shape index (κ3) is 2.74. The topological polar surface area (TPSA) is 38.5 Å². The molecule has 0 amide bonds. The van der Waals surface area contributed by atoms with Gasteiger partial charge in [-0.2, -0.15) is 0 Å². The summed E-state index contributed by atoms with van der Waals surface area (Å²) in [7, 11) is 0. The van der Waals surface area contributed by atoms with E-state index >= 15 is 0 Å². The van der Waals surface area contributed by atoms with E-state index in [0.29, 0.717) is 0 Å². The number of rotatable bonds is 2. The van der Waals surface area contributed by atoms with Crippen LogP contribution in [0.5, 0.6) is 0 Å². The number of nitrogens with zero attached hydrogens (tertiary/aromatic N) is 1. The Labute approximate surface area is 97.2 Å². The Balaban J connectivity index is 2.04. The van der Waals surface area contributed by atoms with Crippen molar-refractivity contribution in [3.05, 3.63) is 29.3 Å². The summed E-state index contributed by atoms with van der Waals surface area (Å²) in [5, 5.41) is 0. The summed E-state index contributed by atoms with van der Waals surface area (Å²) < 4.78 is 5.45. The van der Waals surface area contributed by atoms with Crippen LogP contribution in [0.2, 0.25) is 0 Å². The first-order chi connectivity index (χ1) is 7.77. The summed E-state index contributed by atoms with van der Waals surface area (Å²) in [6.45, 7) is 6.97. The maximum Gasteiger partial charge on any atom is 0.0593 e. The van der Waals surface area contributed by atoms with Gasteiger partial charge in [-0.25, -0.2) is 0 Å². The van der Waals surface area contributed by atoms with E-state index in [1.807, 2.05) is 12.1 Å². The molecule has 0 spiro atoms. The quantitative estimate of drug-likeness (QED) is 0.772. The standard InChI is InChI=1S/C13H20N2O/c1-11-12(4-2-5-13(11)14)10-15-6-3-8-16-9-7-15/h2,4-5H,3,6-10,14H2,1H3. The highest BCUT2D eigenvalue weighted by Crippen LogP contribution is 2.17. The Bertz CT molecular complexity index is 344. The van der Waals surface area contributed by atoms with Crippen LogP contribution in [0.4, 0.5) is 5.69 Å². The van der Waals surface area contributed by atoms with Crippen molar-refractivity contribution in [2.24, 2.45) is 0 Å². The van der Waals surface area contributed by atoms with Crippen molar-refractivity contribution in [3.63, 3.8) is 0 Å². The smallest absolute Gasteiger partial charge is 0.0593 e. The van der Waals surface area contributed by atoms with E-state index in [1.54, 1.807) is 0 Å². The summed E-state index contributed by atoms with van der Waals surface area (Å²) in [4.78, 5) is 2.44. The molecule has 2 N–H and O–H groups in total. The molecule has 3 heteroatoms. The van der Waals surface area contributed by atoms with Crippen molar-refractivity contribution in [1.82, 2.24) is 4.90 Å². The van der Waals surface area contributed by atoms with Crippen LogP contribution < -0.4 is 5.73 Å². The van der Waals surface area contributed by atoms with Gasteiger partial charge in [-0.15, -0.1) is 0 Å². The molecule has 1 aliphatic heterocycles. The highest BCUT2D eigenvalue weighted by Gasteiger charge is 2.11. The summed E-state index contributed by atoms with van der Waals surface area (Å²) >= 11 is 0. The number of hydrogen-bond donors (Lipinski definition) is 1. The van der Waals surface area contributed by atoms with Gasteiger partial charge in [-0.3, -0.25) is 4.90 Å². The van der Waals surface area contributed by atoms with Gasteiger partial charge < -0.3 is 10.5 Å². The zero-order valence-corrected chi connectivity index (χ0v) is 9.91. The van der Waals surface area contributed by atoms with Crippen molar-refractivity contribution in [2.45, 2.75) is 19.9 Å². The molecule has 0 atom stereocenters. The average Bonchev–Trinajstić information content (AvgIpc) is 2.53. The molecule has 1 heterocycles. The van der Waals surface area contributed by atoms with Crippen LogP contribution in [-0.4, -0.2) is 31.2 Å². The van der Waals surface area contributed by atoms with Gasteiger partial charge in [0.25, 0.3) is 0 Å². The first-order valence-corrected chi connectivity index (χ1v) is 5.91. The molecule has 0 aliphatic carbocycles. The molecule has 1 aromatic rings. The maximum absolute atomic E-state index is 5.91. The molecule has 1 fully saturated rings. The lowest BCUT2D eigenvalue weighted by Gasteiger charge is -2.20. The largest absolute Gasteiger partial charge is 0.399 e. The molecular formula is C13H20N2O. The molecule has 16 heavy (non-hydrogen) atoms. The number of nitrogen functional groups attached to an aromatic ring is 1. The fraction of sp³-hybridized carbons (Fsp3) is 0.538. The van der Waals surface area contributed by atoms with E-state index in [2.05, 4.69) is 17.9 Å². The van der Waals surface area contributed by atoms with Gasteiger partial charge in [0.1, 0.15) is 0 Å². The van der Waals surface area contributed by atoms with Gasteiger partial charge in [-0.05, 0) is 30.5 Å². The number of ether oxygens (including phenoxy) is 1. The van der Waals surface area contributed by atoms with Gasteiger partial charge >= 0.3 is 0 Å². The first kappa shape index (κ1) is 11.4. The predicted molar refractivity (Wildman–Crippen MR) is 66.3 cm³/mol. The second kappa shape index (κ2) is 5.32. The van der Waals surface area contributed by atoms with Gasteiger partial charge in [0, 0.05) is 31.9 Å². The lowest BCUT2D eigenvalue weighted by molar-refractivity contribution is 0.140. The summed E-state index contributed by atoms with van der Waals surface area (Å²) in [5.41, 5.74) is 9.36. The molecular weight excluding hydrogens is 200 g/mol. The molecule has 0 bridgehead atoms. The Hall–Kier alpha value is -1.06. The Morgan fingerprint density at radius 2 is 2.19 bits per heavy atom. The van der Waals surface area contributed by atoms with E-state index in [0.717, 1.165) is 45.0 Å². The number of benzene rings is 1. The third-order valence-electron chi connectivity index (χ3n) is 3.20. The summed E-state index contributed by atoms with van der Waals surface area (Å²) in [5.74, 6) is 0. The highest BCUT2D eigenvalue weighted by molar-refractivity contribution is 5.49. The fourth-order valence-electron chi connectivity index (χ4n) is 2.07. The maximum atomic E-state index is 5.91. The van der Waals surface area contributed by atoms with Gasteiger partial charge in [0.15, 0.2) is 0 Å². The van der Waals surface area contributed by atoms with E-state index in [-0.39, 0.29) is 0 Å². The average molecular weight is 220 g/mol. The number of anilines is 1. The van der Waals surface area contributed by atoms with Crippen LogP contribution in [0, 0.1) is 6.92 Å². The molecule has 1 aromatic carbocycles. The second-order valence-corrected chi connectivity index (χ2v) is 4.37. The van der Waals surface area contributed by atoms with Gasteiger partial charge in [-0.1, -0.05) is 12.1 Å². The van der Waals surface area contributed by atoms with Crippen LogP contribution in [0.3, 0.4) is 0 Å². The Morgan fingerprint density at radius 1 is 1.31 bits per heavy atom. The lowest BCUT2D eigenvalue weighted by atomic mass is 10.1. The Morgan fingerprint density at radius 3 is 3.06 bits per heavy atom. The van der Waals surface area contributed by atoms with Crippen molar-refractivity contribution in [1.29, 1.82) is 0 Å². The van der Waals surface area contributed by atoms with Crippen LogP contribution in [-0.2, 0) is 11.3 Å². The minimum Gasteiger partial charge on any atom is -0.399 e. The van der Waals surface area contributed by atoms with Crippen LogP contribution in [0.1, 0.15) is 17.5 Å². The third-order valence-corrected chi connectivity index (χ3v) is 3.20. The van der Waals surface area contributed by atoms with E-state index < -0.39 is 0 Å². The zero-order chi connectivity index (χ0) is 11.4. The second-order valence-electron chi connectivity index (χ2n) is 4.37. The van der Waals surface area contributed by atoms with E-state index in [9.17, 15) is 0 Å². The molecule has 2 rings (SSSR count). The fourth-order valence-corrected chi connectivity index (χ4v) is 2.07. The predicted octanol–water partition coefficient (Wildman–Crippen LogP) is 1.80. The Kier molecular flexibility index (Phi) is 3.80. The molecule has 1 saturated heterocycles. The molecule has 0 saturated carbocycles. The first-order valence-electron chi connectivity index (χ1n) is 5.91. The minimum absolute atomic E-state index is 0.849. The molecule has 0 aromatic heterocycles. The normalized spacial score (nSPS) is 18.3. The van der Waals surface area contributed by atoms with E-state index in [1.165, 1.54) is 11.1 Å². The molecule has 3 nitrogen and oxygen atoms in total. The van der Waals surface area contributed by atoms with Crippen molar-refractivity contribution < 1.29 is 4.74 Å². The minimum atomic E-state index is 0.849. The van der Waals surface area contributed by atoms with Gasteiger partial charge in [0.05, 0.1) is 6.61 Å². The van der Waals surface area contributed by atoms with Crippen molar-refractivity contribution in [2.75, 3.05) is 32.0 Å². The van der Waals surface area contributed by atoms with Crippen LogP contribution in [0.25, 0.3) is 0 Å². The van der Waals surface area contributed by atoms with Crippen molar-refractivity contribution in [3.8, 4) is 0 Å². The number of nitrogens with two attached hydrogens (primary N) is 1. The monoisotopic (exact) mass is 220 g/mol. The summed E-state index contributed by atoms with van der Waals surface area (Å²) in [6, 6.07) is 6.16. The van der Waals surface area contributed by atoms with Crippen LogP contribution >= 0.6 is 0 Å². The molecule has 0 unspecified atom stereocenters. The number of hydrogen-bond acceptors (Lipinski definition) is 3. The molecule has 0 radical (unpaired) electrons. The van der Waals surface area contributed by atoms with E-state index in [4.69, 9.17) is 10.5 Å². The lowest BCUT2D eigenvalue weighted by Crippen LogP contribution is -2.26. The molecule has 88 valence electrons.